The molecule has 0 radical (unpaired) electrons. The van der Waals surface area contributed by atoms with E-state index in [-0.39, 0.29) is 24.8 Å². The first-order valence-electron chi connectivity index (χ1n) is 2.93. The molecule has 5 heteroatoms. The van der Waals surface area contributed by atoms with Crippen molar-refractivity contribution in [1.29, 1.82) is 0 Å². The van der Waals surface area contributed by atoms with Crippen LogP contribution in [0.3, 0.4) is 0 Å². The van der Waals surface area contributed by atoms with Crippen LogP contribution in [0.15, 0.2) is 23.1 Å². The van der Waals surface area contributed by atoms with Gasteiger partial charge in [-0.05, 0) is 24.5 Å². The van der Waals surface area contributed by atoms with Gasteiger partial charge in [0.05, 0.1) is 0 Å². The van der Waals surface area contributed by atoms with E-state index < -0.39 is 0 Å². The Balaban J connectivity index is 0. The predicted molar refractivity (Wildman–Crippen MR) is 61.5 cm³/mol. The van der Waals surface area contributed by atoms with Crippen LogP contribution in [0.5, 0.6) is 0 Å². The fourth-order valence-corrected chi connectivity index (χ4v) is 1.29. The molecule has 0 unspecified atom stereocenters. The third-order valence-electron chi connectivity index (χ3n) is 1.26. The van der Waals surface area contributed by atoms with Gasteiger partial charge in [-0.1, -0.05) is 0 Å². The molecule has 0 fully saturated rings. The molecule has 4 N–H and O–H groups in total. The molecule has 2 nitrogen and oxygen atoms in total. The van der Waals surface area contributed by atoms with Crippen molar-refractivity contribution in [2.24, 2.45) is 0 Å². The second kappa shape index (κ2) is 6.29. The van der Waals surface area contributed by atoms with Crippen LogP contribution in [0, 0.1) is 0 Å². The van der Waals surface area contributed by atoms with E-state index in [0.29, 0.717) is 0 Å². The zero-order valence-corrected chi connectivity index (χ0v) is 9.06. The molecule has 0 aliphatic rings. The summed E-state index contributed by atoms with van der Waals surface area (Å²) in [6, 6.07) is 5.50. The molecule has 1 aromatic rings. The van der Waals surface area contributed by atoms with E-state index in [4.69, 9.17) is 11.5 Å². The average Bonchev–Trinajstić information content (AvgIpc) is 1.94. The Bertz CT molecular complexity index is 243. The molecule has 70 valence electrons. The van der Waals surface area contributed by atoms with Crippen molar-refractivity contribution in [1.82, 2.24) is 0 Å². The number of hydrogen-bond acceptors (Lipinski definition) is 3. The fraction of sp³-hybridized carbons (Fsp3) is 0.143. The van der Waals surface area contributed by atoms with Gasteiger partial charge in [-0.3, -0.25) is 0 Å². The summed E-state index contributed by atoms with van der Waals surface area (Å²) in [7, 11) is 0. The smallest absolute Gasteiger partial charge is 0.0453 e. The zero-order chi connectivity index (χ0) is 7.56. The van der Waals surface area contributed by atoms with Crippen molar-refractivity contribution < 1.29 is 0 Å². The van der Waals surface area contributed by atoms with Crippen molar-refractivity contribution in [2.75, 3.05) is 17.7 Å². The summed E-state index contributed by atoms with van der Waals surface area (Å²) in [6.45, 7) is 0. The van der Waals surface area contributed by atoms with Gasteiger partial charge < -0.3 is 11.5 Å². The van der Waals surface area contributed by atoms with Crippen LogP contribution < -0.4 is 11.5 Å². The van der Waals surface area contributed by atoms with Crippen molar-refractivity contribution >= 4 is 48.0 Å². The molecule has 0 spiro atoms. The highest BCUT2D eigenvalue weighted by Gasteiger charge is 1.95. The number of halogens is 2. The summed E-state index contributed by atoms with van der Waals surface area (Å²) in [5, 5.41) is 0. The molecule has 0 bridgehead atoms. The van der Waals surface area contributed by atoms with Crippen LogP contribution in [0.25, 0.3) is 0 Å². The lowest BCUT2D eigenvalue weighted by Gasteiger charge is -2.01. The van der Waals surface area contributed by atoms with Gasteiger partial charge in [0.25, 0.3) is 0 Å². The summed E-state index contributed by atoms with van der Waals surface area (Å²) < 4.78 is 0. The predicted octanol–water partition coefficient (Wildman–Crippen LogP) is 2.42. The quantitative estimate of drug-likeness (QED) is 0.572. The molecule has 0 aliphatic carbocycles. The van der Waals surface area contributed by atoms with Crippen molar-refractivity contribution in [3.05, 3.63) is 18.2 Å². The first-order valence-corrected chi connectivity index (χ1v) is 4.15. The van der Waals surface area contributed by atoms with Crippen molar-refractivity contribution in [3.63, 3.8) is 0 Å². The second-order valence-corrected chi connectivity index (χ2v) is 2.85. The second-order valence-electron chi connectivity index (χ2n) is 2.00. The maximum atomic E-state index is 5.62. The van der Waals surface area contributed by atoms with Gasteiger partial charge in [-0.15, -0.1) is 36.6 Å². The highest BCUT2D eigenvalue weighted by molar-refractivity contribution is 7.98. The molecule has 0 aromatic heterocycles. The van der Waals surface area contributed by atoms with Crippen LogP contribution in [-0.2, 0) is 0 Å². The summed E-state index contributed by atoms with van der Waals surface area (Å²) >= 11 is 1.60. The van der Waals surface area contributed by atoms with Crippen molar-refractivity contribution in [2.45, 2.75) is 4.90 Å². The SMILES string of the molecule is CSc1cc(N)ccc1N.Cl.Cl. The molecule has 1 rings (SSSR count). The number of benzene rings is 1. The van der Waals surface area contributed by atoms with E-state index in [9.17, 15) is 0 Å². The lowest BCUT2D eigenvalue weighted by Crippen LogP contribution is -1.90. The number of hydrogen-bond donors (Lipinski definition) is 2. The molecular weight excluding hydrogens is 215 g/mol. The van der Waals surface area contributed by atoms with Gasteiger partial charge in [0, 0.05) is 16.3 Å². The van der Waals surface area contributed by atoms with Crippen LogP contribution in [0.1, 0.15) is 0 Å². The minimum absolute atomic E-state index is 0. The largest absolute Gasteiger partial charge is 0.399 e. The van der Waals surface area contributed by atoms with E-state index in [1.165, 1.54) is 0 Å². The minimum atomic E-state index is 0. The van der Waals surface area contributed by atoms with E-state index in [1.54, 1.807) is 17.8 Å². The summed E-state index contributed by atoms with van der Waals surface area (Å²) in [4.78, 5) is 1.04. The first-order chi connectivity index (χ1) is 4.74. The van der Waals surface area contributed by atoms with Gasteiger partial charge in [0.15, 0.2) is 0 Å². The van der Waals surface area contributed by atoms with Gasteiger partial charge in [0.1, 0.15) is 0 Å². The van der Waals surface area contributed by atoms with E-state index in [0.717, 1.165) is 16.3 Å². The molecule has 1 aromatic carbocycles. The molecule has 0 amide bonds. The molecule has 0 heterocycles. The Hall–Kier alpha value is -0.250. The molecule has 0 saturated carbocycles. The normalized spacial score (nSPS) is 8.08. The molecule has 0 saturated heterocycles. The van der Waals surface area contributed by atoms with Crippen LogP contribution in [0.4, 0.5) is 11.4 Å². The van der Waals surface area contributed by atoms with Crippen molar-refractivity contribution in [3.8, 4) is 0 Å². The molecular formula is C7H12Cl2N2S. The lowest BCUT2D eigenvalue weighted by molar-refractivity contribution is 1.47. The Kier molecular flexibility index (Phi) is 7.48. The van der Waals surface area contributed by atoms with E-state index >= 15 is 0 Å². The number of nitrogen functional groups attached to an aromatic ring is 2. The maximum Gasteiger partial charge on any atom is 0.0453 e. The Morgan fingerprint density at radius 1 is 1.17 bits per heavy atom. The Morgan fingerprint density at radius 2 is 1.75 bits per heavy atom. The topological polar surface area (TPSA) is 52.0 Å². The first kappa shape index (κ1) is 14.3. The summed E-state index contributed by atoms with van der Waals surface area (Å²) in [5.74, 6) is 0. The number of anilines is 2. The van der Waals surface area contributed by atoms with Gasteiger partial charge in [-0.2, -0.15) is 0 Å². The van der Waals surface area contributed by atoms with E-state index in [2.05, 4.69) is 0 Å². The number of nitrogens with two attached hydrogens (primary N) is 2. The minimum Gasteiger partial charge on any atom is -0.399 e. The Morgan fingerprint density at radius 3 is 2.17 bits per heavy atom. The third-order valence-corrected chi connectivity index (χ3v) is 2.05. The van der Waals surface area contributed by atoms with Crippen LogP contribution >= 0.6 is 36.6 Å². The van der Waals surface area contributed by atoms with Crippen LogP contribution in [0.2, 0.25) is 0 Å². The van der Waals surface area contributed by atoms with Crippen LogP contribution in [-0.4, -0.2) is 6.26 Å². The monoisotopic (exact) mass is 226 g/mol. The average molecular weight is 227 g/mol. The number of rotatable bonds is 1. The van der Waals surface area contributed by atoms with Gasteiger partial charge in [0.2, 0.25) is 0 Å². The molecule has 12 heavy (non-hydrogen) atoms. The van der Waals surface area contributed by atoms with Gasteiger partial charge >= 0.3 is 0 Å². The van der Waals surface area contributed by atoms with Gasteiger partial charge in [-0.25, -0.2) is 0 Å². The maximum absolute atomic E-state index is 5.62. The standard InChI is InChI=1S/C7H10N2S.2ClH/c1-10-7-4-5(8)2-3-6(7)9;;/h2-4H,8-9H2,1H3;2*1H. The molecule has 0 atom stereocenters. The lowest BCUT2D eigenvalue weighted by atomic mass is 10.3. The summed E-state index contributed by atoms with van der Waals surface area (Å²) in [5.41, 5.74) is 12.7. The van der Waals surface area contributed by atoms with E-state index in [1.807, 2.05) is 18.4 Å². The highest BCUT2D eigenvalue weighted by atomic mass is 35.5. The fourth-order valence-electron chi connectivity index (χ4n) is 0.728. The highest BCUT2D eigenvalue weighted by Crippen LogP contribution is 2.24. The number of thioether (sulfide) groups is 1. The summed E-state index contributed by atoms with van der Waals surface area (Å²) in [6.07, 6.45) is 1.98. The zero-order valence-electron chi connectivity index (χ0n) is 6.61. The third kappa shape index (κ3) is 3.43. The Labute approximate surface area is 88.9 Å². The molecule has 0 aliphatic heterocycles.